The number of rotatable bonds is 2. The first-order valence-electron chi connectivity index (χ1n) is 4.48. The van der Waals surface area contributed by atoms with Gasteiger partial charge in [-0.25, -0.2) is 0 Å². The van der Waals surface area contributed by atoms with Gasteiger partial charge in [0.1, 0.15) is 0 Å². The Bertz CT molecular complexity index is 451. The highest BCUT2D eigenvalue weighted by molar-refractivity contribution is 9.10. The highest BCUT2D eigenvalue weighted by Crippen LogP contribution is 2.27. The largest absolute Gasteiger partial charge is 0.380 e. The molecule has 0 atom stereocenters. The van der Waals surface area contributed by atoms with Crippen molar-refractivity contribution < 1.29 is 4.74 Å². The van der Waals surface area contributed by atoms with E-state index < -0.39 is 0 Å². The van der Waals surface area contributed by atoms with Gasteiger partial charge in [0.15, 0.2) is 0 Å². The monoisotopic (exact) mass is 250 g/mol. The lowest BCUT2D eigenvalue weighted by Crippen LogP contribution is -1.89. The second-order valence-corrected chi connectivity index (χ2v) is 3.99. The van der Waals surface area contributed by atoms with Gasteiger partial charge in [0, 0.05) is 11.6 Å². The third-order valence-corrected chi connectivity index (χ3v) is 3.18. The van der Waals surface area contributed by atoms with Gasteiger partial charge in [-0.15, -0.1) is 0 Å². The summed E-state index contributed by atoms with van der Waals surface area (Å²) in [5.41, 5.74) is 1.19. The molecular formula is C12H11BrO. The second-order valence-electron chi connectivity index (χ2n) is 3.19. The molecule has 2 aromatic rings. The van der Waals surface area contributed by atoms with Gasteiger partial charge in [0.2, 0.25) is 0 Å². The maximum atomic E-state index is 5.13. The van der Waals surface area contributed by atoms with E-state index in [-0.39, 0.29) is 0 Å². The van der Waals surface area contributed by atoms with Crippen LogP contribution in [0.4, 0.5) is 0 Å². The van der Waals surface area contributed by atoms with Crippen molar-refractivity contribution in [2.45, 2.75) is 6.61 Å². The molecule has 0 aliphatic heterocycles. The maximum absolute atomic E-state index is 5.13. The number of methoxy groups -OCH3 is 1. The van der Waals surface area contributed by atoms with E-state index in [2.05, 4.69) is 40.2 Å². The minimum absolute atomic E-state index is 0.644. The SMILES string of the molecule is COCc1ccc2ccccc2c1Br. The molecule has 0 N–H and O–H groups in total. The number of hydrogen-bond acceptors (Lipinski definition) is 1. The maximum Gasteiger partial charge on any atom is 0.0724 e. The molecule has 0 aliphatic carbocycles. The zero-order valence-corrected chi connectivity index (χ0v) is 9.54. The Morgan fingerprint density at radius 1 is 1.14 bits per heavy atom. The van der Waals surface area contributed by atoms with Crippen molar-refractivity contribution in [1.82, 2.24) is 0 Å². The van der Waals surface area contributed by atoms with Crippen LogP contribution in [-0.4, -0.2) is 7.11 Å². The predicted molar refractivity (Wildman–Crippen MR) is 62.4 cm³/mol. The van der Waals surface area contributed by atoms with Crippen molar-refractivity contribution in [2.24, 2.45) is 0 Å². The summed E-state index contributed by atoms with van der Waals surface area (Å²) in [6.07, 6.45) is 0. The van der Waals surface area contributed by atoms with Crippen molar-refractivity contribution in [3.05, 3.63) is 46.4 Å². The second kappa shape index (κ2) is 4.11. The number of benzene rings is 2. The molecule has 0 saturated carbocycles. The summed E-state index contributed by atoms with van der Waals surface area (Å²) in [7, 11) is 1.71. The molecule has 0 unspecified atom stereocenters. The predicted octanol–water partition coefficient (Wildman–Crippen LogP) is 3.75. The van der Waals surface area contributed by atoms with Gasteiger partial charge in [0.25, 0.3) is 0 Å². The molecule has 0 radical (unpaired) electrons. The van der Waals surface area contributed by atoms with Crippen LogP contribution in [-0.2, 0) is 11.3 Å². The lowest BCUT2D eigenvalue weighted by molar-refractivity contribution is 0.184. The molecular weight excluding hydrogens is 240 g/mol. The fourth-order valence-corrected chi connectivity index (χ4v) is 2.15. The average Bonchev–Trinajstić information content (AvgIpc) is 2.23. The van der Waals surface area contributed by atoms with Gasteiger partial charge >= 0.3 is 0 Å². The Hall–Kier alpha value is -0.860. The van der Waals surface area contributed by atoms with Crippen LogP contribution in [0.1, 0.15) is 5.56 Å². The Morgan fingerprint density at radius 3 is 2.71 bits per heavy atom. The normalized spacial score (nSPS) is 10.7. The van der Waals surface area contributed by atoms with Crippen molar-refractivity contribution >= 4 is 26.7 Å². The molecule has 0 bridgehead atoms. The first-order valence-corrected chi connectivity index (χ1v) is 5.27. The number of hydrogen-bond donors (Lipinski definition) is 0. The molecule has 0 amide bonds. The van der Waals surface area contributed by atoms with Crippen molar-refractivity contribution in [2.75, 3.05) is 7.11 Å². The summed E-state index contributed by atoms with van der Waals surface area (Å²) >= 11 is 3.60. The highest BCUT2D eigenvalue weighted by Gasteiger charge is 2.03. The van der Waals surface area contributed by atoms with Crippen LogP contribution < -0.4 is 0 Å². The molecule has 14 heavy (non-hydrogen) atoms. The topological polar surface area (TPSA) is 9.23 Å². The van der Waals surface area contributed by atoms with Crippen LogP contribution >= 0.6 is 15.9 Å². The third kappa shape index (κ3) is 1.68. The van der Waals surface area contributed by atoms with Crippen LogP contribution in [0.15, 0.2) is 40.9 Å². The van der Waals surface area contributed by atoms with E-state index in [0.29, 0.717) is 6.61 Å². The van der Waals surface area contributed by atoms with E-state index in [1.54, 1.807) is 7.11 Å². The summed E-state index contributed by atoms with van der Waals surface area (Å²) < 4.78 is 6.26. The van der Waals surface area contributed by atoms with Crippen molar-refractivity contribution in [1.29, 1.82) is 0 Å². The van der Waals surface area contributed by atoms with Crippen LogP contribution in [0.3, 0.4) is 0 Å². The smallest absolute Gasteiger partial charge is 0.0724 e. The van der Waals surface area contributed by atoms with E-state index in [1.807, 2.05) is 12.1 Å². The third-order valence-electron chi connectivity index (χ3n) is 2.24. The Balaban J connectivity index is 2.63. The molecule has 0 aromatic heterocycles. The molecule has 72 valence electrons. The molecule has 2 rings (SSSR count). The molecule has 1 nitrogen and oxygen atoms in total. The number of ether oxygens (including phenoxy) is 1. The average molecular weight is 251 g/mol. The summed E-state index contributed by atoms with van der Waals surface area (Å²) in [5.74, 6) is 0. The van der Waals surface area contributed by atoms with Crippen LogP contribution in [0.25, 0.3) is 10.8 Å². The molecule has 0 spiro atoms. The number of fused-ring (bicyclic) bond motifs is 1. The Labute approximate surface area is 91.8 Å². The van der Waals surface area contributed by atoms with Crippen LogP contribution in [0.2, 0.25) is 0 Å². The van der Waals surface area contributed by atoms with E-state index in [1.165, 1.54) is 16.3 Å². The van der Waals surface area contributed by atoms with E-state index in [0.717, 1.165) is 4.47 Å². The summed E-state index contributed by atoms with van der Waals surface area (Å²) in [6.45, 7) is 0.644. The van der Waals surface area contributed by atoms with E-state index >= 15 is 0 Å². The molecule has 2 aromatic carbocycles. The standard InChI is InChI=1S/C12H11BrO/c1-14-8-10-7-6-9-4-2-3-5-11(9)12(10)13/h2-7H,8H2,1H3. The minimum Gasteiger partial charge on any atom is -0.380 e. The first kappa shape index (κ1) is 9.69. The number of halogens is 1. The van der Waals surface area contributed by atoms with E-state index in [4.69, 9.17) is 4.74 Å². The molecule has 0 heterocycles. The molecule has 0 fully saturated rings. The fraction of sp³-hybridized carbons (Fsp3) is 0.167. The van der Waals surface area contributed by atoms with Crippen molar-refractivity contribution in [3.63, 3.8) is 0 Å². The molecule has 0 saturated heterocycles. The molecule has 2 heteroatoms. The van der Waals surface area contributed by atoms with Gasteiger partial charge in [-0.3, -0.25) is 0 Å². The zero-order valence-electron chi connectivity index (χ0n) is 7.96. The van der Waals surface area contributed by atoms with Gasteiger partial charge in [-0.2, -0.15) is 0 Å². The van der Waals surface area contributed by atoms with Gasteiger partial charge < -0.3 is 4.74 Å². The fourth-order valence-electron chi connectivity index (χ4n) is 1.55. The van der Waals surface area contributed by atoms with Crippen molar-refractivity contribution in [3.8, 4) is 0 Å². The summed E-state index contributed by atoms with van der Waals surface area (Å²) in [5, 5.41) is 2.49. The van der Waals surface area contributed by atoms with Gasteiger partial charge in [-0.05, 0) is 32.3 Å². The Morgan fingerprint density at radius 2 is 1.93 bits per heavy atom. The summed E-state index contributed by atoms with van der Waals surface area (Å²) in [6, 6.07) is 12.5. The van der Waals surface area contributed by atoms with Crippen LogP contribution in [0, 0.1) is 0 Å². The Kier molecular flexibility index (Phi) is 2.85. The summed E-state index contributed by atoms with van der Waals surface area (Å²) in [4.78, 5) is 0. The van der Waals surface area contributed by atoms with E-state index in [9.17, 15) is 0 Å². The quantitative estimate of drug-likeness (QED) is 0.789. The van der Waals surface area contributed by atoms with Gasteiger partial charge in [0.05, 0.1) is 6.61 Å². The van der Waals surface area contributed by atoms with Crippen LogP contribution in [0.5, 0.6) is 0 Å². The lowest BCUT2D eigenvalue weighted by Gasteiger charge is -2.06. The zero-order chi connectivity index (χ0) is 9.97. The highest BCUT2D eigenvalue weighted by atomic mass is 79.9. The van der Waals surface area contributed by atoms with Gasteiger partial charge in [-0.1, -0.05) is 36.4 Å². The molecule has 0 aliphatic rings. The minimum atomic E-state index is 0.644. The lowest BCUT2D eigenvalue weighted by atomic mass is 10.1. The first-order chi connectivity index (χ1) is 6.83.